The highest BCUT2D eigenvalue weighted by Crippen LogP contribution is 2.32. The number of carbonyl (C=O) groups excluding carboxylic acids is 4. The van der Waals surface area contributed by atoms with E-state index in [0.717, 1.165) is 50.3 Å². The zero-order valence-electron chi connectivity index (χ0n) is 23.7. The summed E-state index contributed by atoms with van der Waals surface area (Å²) in [6, 6.07) is 9.23. The summed E-state index contributed by atoms with van der Waals surface area (Å²) in [7, 11) is 1.91. The van der Waals surface area contributed by atoms with Gasteiger partial charge in [-0.15, -0.1) is 0 Å². The molecule has 3 saturated heterocycles. The standard InChI is InChI=1S/C29H44N6O5/c1-32(16-13-27(37)31-22-36)23-7-9-24(10-8-23)33-17-19-34(20-18-33)28(38)6-2-3-14-30-29(39)40-21-26-12-11-25-5-4-15-35(25)26/h7-10,22,25-26H,2-6,11-21H2,1H3,(H,30,39)(H,31,36,37). The molecule has 0 aromatic heterocycles. The van der Waals surface area contributed by atoms with Gasteiger partial charge in [-0.25, -0.2) is 4.79 Å². The number of benzene rings is 1. The average molecular weight is 557 g/mol. The smallest absolute Gasteiger partial charge is 0.407 e. The highest BCUT2D eigenvalue weighted by Gasteiger charge is 2.36. The number of ether oxygens (including phenoxy) is 1. The molecule has 0 bridgehead atoms. The Morgan fingerprint density at radius 3 is 2.52 bits per heavy atom. The van der Waals surface area contributed by atoms with Crippen molar-refractivity contribution in [3.05, 3.63) is 24.3 Å². The molecule has 3 aliphatic heterocycles. The van der Waals surface area contributed by atoms with Crippen molar-refractivity contribution in [2.24, 2.45) is 0 Å². The van der Waals surface area contributed by atoms with Crippen molar-refractivity contribution < 1.29 is 23.9 Å². The van der Waals surface area contributed by atoms with Gasteiger partial charge in [0.15, 0.2) is 0 Å². The lowest BCUT2D eigenvalue weighted by molar-refractivity contribution is -0.131. The number of carbonyl (C=O) groups is 4. The second-order valence-electron chi connectivity index (χ2n) is 11.0. The van der Waals surface area contributed by atoms with Crippen LogP contribution in [0.2, 0.25) is 0 Å². The maximum absolute atomic E-state index is 12.7. The number of alkyl carbamates (subject to hydrolysis) is 1. The van der Waals surface area contributed by atoms with Gasteiger partial charge in [0, 0.05) is 82.6 Å². The Hall–Kier alpha value is -3.34. The molecule has 11 nitrogen and oxygen atoms in total. The van der Waals surface area contributed by atoms with Gasteiger partial charge in [-0.2, -0.15) is 0 Å². The molecule has 0 spiro atoms. The van der Waals surface area contributed by atoms with Gasteiger partial charge in [0.25, 0.3) is 0 Å². The van der Waals surface area contributed by atoms with Crippen LogP contribution in [0.5, 0.6) is 0 Å². The van der Waals surface area contributed by atoms with Crippen LogP contribution in [-0.2, 0) is 19.1 Å². The Kier molecular flexibility index (Phi) is 11.0. The molecule has 2 unspecified atom stereocenters. The molecule has 2 atom stereocenters. The third kappa shape index (κ3) is 8.33. The van der Waals surface area contributed by atoms with Crippen molar-refractivity contribution in [2.45, 2.75) is 63.5 Å². The number of imide groups is 1. The van der Waals surface area contributed by atoms with Crippen LogP contribution >= 0.6 is 0 Å². The van der Waals surface area contributed by atoms with E-state index >= 15 is 0 Å². The summed E-state index contributed by atoms with van der Waals surface area (Å²) in [6.07, 6.45) is 7.14. The molecule has 3 fully saturated rings. The van der Waals surface area contributed by atoms with Crippen molar-refractivity contribution >= 4 is 35.7 Å². The lowest BCUT2D eigenvalue weighted by Gasteiger charge is -2.36. The van der Waals surface area contributed by atoms with Gasteiger partial charge in [-0.3, -0.25) is 24.6 Å². The second kappa shape index (κ2) is 14.9. The van der Waals surface area contributed by atoms with E-state index in [0.29, 0.717) is 57.7 Å². The van der Waals surface area contributed by atoms with Crippen LogP contribution < -0.4 is 20.4 Å². The minimum Gasteiger partial charge on any atom is -0.448 e. The monoisotopic (exact) mass is 556 g/mol. The largest absolute Gasteiger partial charge is 0.448 e. The van der Waals surface area contributed by atoms with Crippen LogP contribution in [0.25, 0.3) is 0 Å². The van der Waals surface area contributed by atoms with Crippen molar-refractivity contribution in [1.29, 1.82) is 0 Å². The summed E-state index contributed by atoms with van der Waals surface area (Å²) < 4.78 is 5.45. The number of hydrogen-bond acceptors (Lipinski definition) is 8. The number of fused-ring (bicyclic) bond motifs is 1. The van der Waals surface area contributed by atoms with Crippen molar-refractivity contribution in [3.8, 4) is 0 Å². The number of nitrogens with zero attached hydrogens (tertiary/aromatic N) is 4. The Labute approximate surface area is 237 Å². The van der Waals surface area contributed by atoms with Crippen LogP contribution in [0.4, 0.5) is 16.2 Å². The van der Waals surface area contributed by atoms with Gasteiger partial charge in [0.05, 0.1) is 0 Å². The lowest BCUT2D eigenvalue weighted by Crippen LogP contribution is -2.48. The fraction of sp³-hybridized carbons (Fsp3) is 0.655. The normalized spacial score (nSPS) is 20.6. The summed E-state index contributed by atoms with van der Waals surface area (Å²) >= 11 is 0. The van der Waals surface area contributed by atoms with E-state index in [2.05, 4.69) is 32.6 Å². The molecular weight excluding hydrogens is 512 g/mol. The van der Waals surface area contributed by atoms with Crippen LogP contribution in [0.15, 0.2) is 24.3 Å². The molecule has 4 amide bonds. The second-order valence-corrected chi connectivity index (χ2v) is 11.0. The molecular formula is C29H44N6O5. The first-order chi connectivity index (χ1) is 19.4. The predicted octanol–water partition coefficient (Wildman–Crippen LogP) is 1.96. The third-order valence-corrected chi connectivity index (χ3v) is 8.40. The fourth-order valence-electron chi connectivity index (χ4n) is 6.02. The maximum Gasteiger partial charge on any atom is 0.407 e. The van der Waals surface area contributed by atoms with Gasteiger partial charge in [0.2, 0.25) is 18.2 Å². The van der Waals surface area contributed by atoms with Crippen molar-refractivity contribution in [3.63, 3.8) is 0 Å². The Bertz CT molecular complexity index is 997. The minimum atomic E-state index is -0.355. The lowest BCUT2D eigenvalue weighted by atomic mass is 10.1. The summed E-state index contributed by atoms with van der Waals surface area (Å²) in [4.78, 5) is 55.3. The summed E-state index contributed by atoms with van der Waals surface area (Å²) in [5.41, 5.74) is 2.10. The quantitative estimate of drug-likeness (QED) is 0.280. The summed E-state index contributed by atoms with van der Waals surface area (Å²) in [5.74, 6) is -0.128. The number of anilines is 2. The number of nitrogens with one attached hydrogen (secondary N) is 2. The molecule has 40 heavy (non-hydrogen) atoms. The Balaban J connectivity index is 1.06. The average Bonchev–Trinajstić information content (AvgIpc) is 3.59. The van der Waals surface area contributed by atoms with Gasteiger partial charge in [-0.1, -0.05) is 0 Å². The predicted molar refractivity (Wildman–Crippen MR) is 153 cm³/mol. The first-order valence-electron chi connectivity index (χ1n) is 14.7. The van der Waals surface area contributed by atoms with Gasteiger partial charge < -0.3 is 24.8 Å². The molecule has 11 heteroatoms. The number of piperazine rings is 1. The van der Waals surface area contributed by atoms with Gasteiger partial charge in [0.1, 0.15) is 6.61 Å². The minimum absolute atomic E-state index is 0.166. The van der Waals surface area contributed by atoms with Gasteiger partial charge >= 0.3 is 6.09 Å². The molecule has 3 aliphatic rings. The summed E-state index contributed by atoms with van der Waals surface area (Å²) in [6.45, 7) is 5.57. The van der Waals surface area contributed by atoms with E-state index < -0.39 is 0 Å². The third-order valence-electron chi connectivity index (χ3n) is 8.40. The van der Waals surface area contributed by atoms with Crippen LogP contribution in [0.3, 0.4) is 0 Å². The van der Waals surface area contributed by atoms with E-state index in [1.54, 1.807) is 0 Å². The van der Waals surface area contributed by atoms with E-state index in [1.807, 2.05) is 29.0 Å². The SMILES string of the molecule is CN(CCC(=O)NC=O)c1ccc(N2CCN(C(=O)CCCCNC(=O)OCC3CCC4CCCN43)CC2)cc1. The van der Waals surface area contributed by atoms with E-state index in [4.69, 9.17) is 4.74 Å². The Morgan fingerprint density at radius 2 is 1.77 bits per heavy atom. The zero-order chi connectivity index (χ0) is 28.3. The molecule has 220 valence electrons. The number of hydrogen-bond donors (Lipinski definition) is 2. The van der Waals surface area contributed by atoms with Crippen LogP contribution in [-0.4, -0.2) is 106 Å². The molecule has 0 radical (unpaired) electrons. The molecule has 0 aliphatic carbocycles. The molecule has 4 rings (SSSR count). The van der Waals surface area contributed by atoms with E-state index in [9.17, 15) is 19.2 Å². The molecule has 1 aromatic rings. The number of unbranched alkanes of at least 4 members (excludes halogenated alkanes) is 1. The Morgan fingerprint density at radius 1 is 1.00 bits per heavy atom. The highest BCUT2D eigenvalue weighted by molar-refractivity contribution is 5.86. The fourth-order valence-corrected chi connectivity index (χ4v) is 6.02. The topological polar surface area (TPSA) is 115 Å². The van der Waals surface area contributed by atoms with Crippen LogP contribution in [0, 0.1) is 0 Å². The molecule has 3 heterocycles. The number of rotatable bonds is 13. The highest BCUT2D eigenvalue weighted by atomic mass is 16.5. The van der Waals surface area contributed by atoms with Crippen LogP contribution in [0.1, 0.15) is 51.4 Å². The molecule has 2 N–H and O–H groups in total. The molecule has 0 saturated carbocycles. The summed E-state index contributed by atoms with van der Waals surface area (Å²) in [5, 5.41) is 4.98. The first-order valence-corrected chi connectivity index (χ1v) is 14.7. The van der Waals surface area contributed by atoms with Gasteiger partial charge in [-0.05, 0) is 69.3 Å². The maximum atomic E-state index is 12.7. The van der Waals surface area contributed by atoms with E-state index in [1.165, 1.54) is 19.3 Å². The van der Waals surface area contributed by atoms with Crippen molar-refractivity contribution in [2.75, 3.05) is 69.3 Å². The number of amides is 4. The van der Waals surface area contributed by atoms with Crippen molar-refractivity contribution in [1.82, 2.24) is 20.4 Å². The zero-order valence-corrected chi connectivity index (χ0v) is 23.7. The first kappa shape index (κ1) is 29.6. The van der Waals surface area contributed by atoms with E-state index in [-0.39, 0.29) is 24.3 Å². The molecule has 1 aromatic carbocycles.